The lowest BCUT2D eigenvalue weighted by molar-refractivity contribution is -0.121. The smallest absolute Gasteiger partial charge is 0.234 e. The number of hydrogen-bond acceptors (Lipinski definition) is 3. The van der Waals surface area contributed by atoms with Crippen molar-refractivity contribution in [3.05, 3.63) is 0 Å². The molecule has 1 saturated carbocycles. The number of rotatable bonds is 4. The number of carbonyl (C=O) groups excluding carboxylic acids is 1. The predicted molar refractivity (Wildman–Crippen MR) is 61.6 cm³/mol. The van der Waals surface area contributed by atoms with E-state index in [1.54, 1.807) is 7.05 Å². The van der Waals surface area contributed by atoms with E-state index in [1.807, 2.05) is 11.8 Å². The second-order valence-corrected chi connectivity index (χ2v) is 4.96. The average Bonchev–Trinajstić information content (AvgIpc) is 2.18. The standard InChI is InChI=1S/C10H20N2OS/c1-11-7-10(13)12-8-4-3-5-9(6-8)14-2/h8-9,11H,3-7H2,1-2H3,(H,12,13). The zero-order chi connectivity index (χ0) is 10.4. The van der Waals surface area contributed by atoms with Crippen LogP contribution < -0.4 is 10.6 Å². The van der Waals surface area contributed by atoms with Gasteiger partial charge in [-0.2, -0.15) is 11.8 Å². The molecule has 0 aromatic rings. The van der Waals surface area contributed by atoms with Crippen molar-refractivity contribution >= 4 is 17.7 Å². The highest BCUT2D eigenvalue weighted by molar-refractivity contribution is 7.99. The molecule has 2 unspecified atom stereocenters. The summed E-state index contributed by atoms with van der Waals surface area (Å²) in [6.07, 6.45) is 6.99. The first kappa shape index (κ1) is 11.9. The van der Waals surface area contributed by atoms with Gasteiger partial charge in [0.15, 0.2) is 0 Å². The van der Waals surface area contributed by atoms with E-state index < -0.39 is 0 Å². The van der Waals surface area contributed by atoms with Crippen LogP contribution in [0.5, 0.6) is 0 Å². The third kappa shape index (κ3) is 3.88. The van der Waals surface area contributed by atoms with Crippen LogP contribution in [0.25, 0.3) is 0 Å². The number of amides is 1. The highest BCUT2D eigenvalue weighted by Crippen LogP contribution is 2.26. The highest BCUT2D eigenvalue weighted by atomic mass is 32.2. The van der Waals surface area contributed by atoms with Crippen LogP contribution in [-0.4, -0.2) is 37.0 Å². The van der Waals surface area contributed by atoms with Crippen molar-refractivity contribution in [3.63, 3.8) is 0 Å². The van der Waals surface area contributed by atoms with Crippen molar-refractivity contribution in [1.82, 2.24) is 10.6 Å². The second kappa shape index (κ2) is 6.30. The van der Waals surface area contributed by atoms with Crippen LogP contribution in [0.3, 0.4) is 0 Å². The van der Waals surface area contributed by atoms with Crippen molar-refractivity contribution in [2.75, 3.05) is 19.8 Å². The topological polar surface area (TPSA) is 41.1 Å². The van der Waals surface area contributed by atoms with Gasteiger partial charge in [-0.3, -0.25) is 4.79 Å². The van der Waals surface area contributed by atoms with Crippen LogP contribution in [0.1, 0.15) is 25.7 Å². The molecular formula is C10H20N2OS. The Morgan fingerprint density at radius 2 is 2.29 bits per heavy atom. The van der Waals surface area contributed by atoms with E-state index in [1.165, 1.54) is 12.8 Å². The Labute approximate surface area is 90.4 Å². The fourth-order valence-electron chi connectivity index (χ4n) is 1.93. The van der Waals surface area contributed by atoms with Crippen molar-refractivity contribution < 1.29 is 4.79 Å². The Balaban J connectivity index is 2.26. The van der Waals surface area contributed by atoms with Crippen molar-refractivity contribution in [2.24, 2.45) is 0 Å². The molecule has 0 aromatic heterocycles. The lowest BCUT2D eigenvalue weighted by atomic mass is 9.95. The number of likely N-dealkylation sites (N-methyl/N-ethyl adjacent to an activating group) is 1. The monoisotopic (exact) mass is 216 g/mol. The van der Waals surface area contributed by atoms with Gasteiger partial charge in [0.1, 0.15) is 0 Å². The van der Waals surface area contributed by atoms with Gasteiger partial charge in [0, 0.05) is 11.3 Å². The Morgan fingerprint density at radius 1 is 1.50 bits per heavy atom. The quantitative estimate of drug-likeness (QED) is 0.736. The Morgan fingerprint density at radius 3 is 2.93 bits per heavy atom. The molecule has 2 atom stereocenters. The summed E-state index contributed by atoms with van der Waals surface area (Å²) in [5.74, 6) is 0.124. The number of thioether (sulfide) groups is 1. The van der Waals surface area contributed by atoms with Gasteiger partial charge in [-0.05, 0) is 32.6 Å². The molecule has 0 saturated heterocycles. The molecule has 1 amide bonds. The first-order valence-electron chi connectivity index (χ1n) is 5.23. The van der Waals surface area contributed by atoms with E-state index in [2.05, 4.69) is 16.9 Å². The third-order valence-electron chi connectivity index (χ3n) is 2.66. The molecule has 0 spiro atoms. The van der Waals surface area contributed by atoms with Crippen LogP contribution in [0.2, 0.25) is 0 Å². The van der Waals surface area contributed by atoms with Crippen molar-refractivity contribution in [3.8, 4) is 0 Å². The summed E-state index contributed by atoms with van der Waals surface area (Å²) >= 11 is 1.92. The van der Waals surface area contributed by atoms with Gasteiger partial charge in [-0.15, -0.1) is 0 Å². The molecule has 1 rings (SSSR count). The summed E-state index contributed by atoms with van der Waals surface area (Å²) in [6.45, 7) is 0.431. The fraction of sp³-hybridized carbons (Fsp3) is 0.900. The highest BCUT2D eigenvalue weighted by Gasteiger charge is 2.21. The molecule has 3 nitrogen and oxygen atoms in total. The van der Waals surface area contributed by atoms with Gasteiger partial charge in [-0.1, -0.05) is 6.42 Å². The molecule has 14 heavy (non-hydrogen) atoms. The van der Waals surface area contributed by atoms with Crippen LogP contribution in [-0.2, 0) is 4.79 Å². The zero-order valence-electron chi connectivity index (χ0n) is 9.01. The van der Waals surface area contributed by atoms with Crippen molar-refractivity contribution in [1.29, 1.82) is 0 Å². The molecule has 1 aliphatic carbocycles. The molecular weight excluding hydrogens is 196 g/mol. The van der Waals surface area contributed by atoms with Gasteiger partial charge in [-0.25, -0.2) is 0 Å². The van der Waals surface area contributed by atoms with E-state index in [9.17, 15) is 4.79 Å². The number of hydrogen-bond donors (Lipinski definition) is 2. The molecule has 0 aliphatic heterocycles. The Hall–Kier alpha value is -0.220. The molecule has 0 bridgehead atoms. The maximum absolute atomic E-state index is 11.3. The minimum atomic E-state index is 0.124. The lowest BCUT2D eigenvalue weighted by Gasteiger charge is -2.28. The normalized spacial score (nSPS) is 27.3. The van der Waals surface area contributed by atoms with Gasteiger partial charge in [0.25, 0.3) is 0 Å². The summed E-state index contributed by atoms with van der Waals surface area (Å²) in [6, 6.07) is 0.405. The summed E-state index contributed by atoms with van der Waals surface area (Å²) < 4.78 is 0. The fourth-order valence-corrected chi connectivity index (χ4v) is 2.76. The van der Waals surface area contributed by atoms with Crippen LogP contribution >= 0.6 is 11.8 Å². The molecule has 0 heterocycles. The number of carbonyl (C=O) groups is 1. The van der Waals surface area contributed by atoms with Crippen molar-refractivity contribution in [2.45, 2.75) is 37.0 Å². The van der Waals surface area contributed by atoms with Gasteiger partial charge in [0.05, 0.1) is 6.54 Å². The predicted octanol–water partition coefficient (Wildman–Crippen LogP) is 0.996. The van der Waals surface area contributed by atoms with Gasteiger partial charge < -0.3 is 10.6 Å². The zero-order valence-corrected chi connectivity index (χ0v) is 9.82. The van der Waals surface area contributed by atoms with E-state index in [-0.39, 0.29) is 5.91 Å². The lowest BCUT2D eigenvalue weighted by Crippen LogP contribution is -2.42. The summed E-state index contributed by atoms with van der Waals surface area (Å²) in [7, 11) is 1.80. The summed E-state index contributed by atoms with van der Waals surface area (Å²) in [5.41, 5.74) is 0. The molecule has 1 fully saturated rings. The van der Waals surface area contributed by atoms with E-state index in [4.69, 9.17) is 0 Å². The number of nitrogens with one attached hydrogen (secondary N) is 2. The maximum atomic E-state index is 11.3. The first-order chi connectivity index (χ1) is 6.76. The molecule has 2 N–H and O–H groups in total. The van der Waals surface area contributed by atoms with Gasteiger partial charge in [0.2, 0.25) is 5.91 Å². The largest absolute Gasteiger partial charge is 0.352 e. The van der Waals surface area contributed by atoms with E-state index >= 15 is 0 Å². The van der Waals surface area contributed by atoms with Crippen LogP contribution in [0.4, 0.5) is 0 Å². The van der Waals surface area contributed by atoms with E-state index in [0.717, 1.165) is 18.1 Å². The molecule has 4 heteroatoms. The summed E-state index contributed by atoms with van der Waals surface area (Å²) in [4.78, 5) is 11.3. The SMILES string of the molecule is CNCC(=O)NC1CCCC(SC)C1. The molecule has 0 radical (unpaired) electrons. The Bertz CT molecular complexity index is 187. The minimum absolute atomic E-state index is 0.124. The molecule has 82 valence electrons. The molecule has 1 aliphatic rings. The minimum Gasteiger partial charge on any atom is -0.352 e. The first-order valence-corrected chi connectivity index (χ1v) is 6.51. The Kier molecular flexibility index (Phi) is 5.33. The van der Waals surface area contributed by atoms with E-state index in [0.29, 0.717) is 12.6 Å². The second-order valence-electron chi connectivity index (χ2n) is 3.82. The van der Waals surface area contributed by atoms with Crippen LogP contribution in [0.15, 0.2) is 0 Å². The molecule has 0 aromatic carbocycles. The maximum Gasteiger partial charge on any atom is 0.234 e. The summed E-state index contributed by atoms with van der Waals surface area (Å²) in [5, 5.41) is 6.67. The third-order valence-corrected chi connectivity index (χ3v) is 3.76. The van der Waals surface area contributed by atoms with Crippen LogP contribution in [0, 0.1) is 0 Å². The average molecular weight is 216 g/mol. The van der Waals surface area contributed by atoms with Gasteiger partial charge >= 0.3 is 0 Å².